The molecule has 0 spiro atoms. The monoisotopic (exact) mass is 403 g/mol. The van der Waals surface area contributed by atoms with E-state index in [4.69, 9.17) is 4.74 Å². The zero-order valence-electron chi connectivity index (χ0n) is 18.2. The third kappa shape index (κ3) is 12.0. The van der Waals surface area contributed by atoms with Gasteiger partial charge < -0.3 is 19.6 Å². The Balaban J connectivity index is 0. The Bertz CT molecular complexity index is 522. The number of imidazole rings is 1. The molecule has 156 valence electrons. The van der Waals surface area contributed by atoms with Crippen molar-refractivity contribution in [3.05, 3.63) is 18.2 Å². The van der Waals surface area contributed by atoms with Crippen LogP contribution in [0.5, 0.6) is 0 Å². The van der Waals surface area contributed by atoms with Gasteiger partial charge in [0, 0.05) is 25.4 Å². The molecule has 1 heterocycles. The van der Waals surface area contributed by atoms with Crippen LogP contribution in [0.3, 0.4) is 0 Å². The molecule has 0 radical (unpaired) electrons. The van der Waals surface area contributed by atoms with Crippen molar-refractivity contribution >= 4 is 12.3 Å². The van der Waals surface area contributed by atoms with Gasteiger partial charge in [0.05, 0.1) is 12.9 Å². The topological polar surface area (TPSA) is 91.2 Å². The van der Waals surface area contributed by atoms with Crippen LogP contribution in [-0.2, 0) is 27.8 Å². The van der Waals surface area contributed by atoms with Gasteiger partial charge in [-0.1, -0.05) is 58.8 Å². The molecule has 0 saturated heterocycles. The van der Waals surface area contributed by atoms with Crippen molar-refractivity contribution in [2.24, 2.45) is 18.9 Å². The molecule has 1 rings (SSSR count). The number of hydrogen-bond acceptors (Lipinski definition) is 5. The van der Waals surface area contributed by atoms with E-state index >= 15 is 0 Å². The second kappa shape index (κ2) is 18.3. The van der Waals surface area contributed by atoms with Crippen LogP contribution in [0.15, 0.2) is 12.5 Å². The summed E-state index contributed by atoms with van der Waals surface area (Å²) in [5.41, 5.74) is 1.03. The maximum absolute atomic E-state index is 12.0. The van der Waals surface area contributed by atoms with Gasteiger partial charge in [0.15, 0.2) is 0 Å². The van der Waals surface area contributed by atoms with Gasteiger partial charge in [-0.05, 0) is 18.8 Å². The van der Waals surface area contributed by atoms with Crippen molar-refractivity contribution in [1.82, 2.24) is 9.55 Å². The van der Waals surface area contributed by atoms with E-state index in [1.807, 2.05) is 18.5 Å². The Hall–Kier alpha value is -0.690. The molecular weight excluding hydrogens is 367 g/mol. The summed E-state index contributed by atoms with van der Waals surface area (Å²) < 4.78 is 7.41. The van der Waals surface area contributed by atoms with Gasteiger partial charge in [-0.15, -0.1) is 5.92 Å². The molecule has 0 unspecified atom stereocenters. The zero-order chi connectivity index (χ0) is 19.2. The first-order valence-electron chi connectivity index (χ1n) is 10.1. The number of aromatic nitrogens is 2. The Morgan fingerprint density at radius 1 is 1.18 bits per heavy atom. The summed E-state index contributed by atoms with van der Waals surface area (Å²) >= 11 is 0. The van der Waals surface area contributed by atoms with Gasteiger partial charge in [-0.3, -0.25) is 11.1 Å². The van der Waals surface area contributed by atoms with Crippen molar-refractivity contribution in [3.63, 3.8) is 0 Å². The standard InChI is InChI=1S/C21H35N2O3.Na.H2O/c1-4-6-7-8-9-10-11-12-21(25)26-16-19(18(5-2)15-24)13-20-14-22-17-23(20)3;;/h14,17-19H,4-13,16H2,1-3H3;;1H2/q-1;+1;/p-1/t18-,19+;;/m1../s1. The quantitative estimate of drug-likeness (QED) is 0.190. The predicted molar refractivity (Wildman–Crippen MR) is 105 cm³/mol. The van der Waals surface area contributed by atoms with Crippen molar-refractivity contribution < 1.29 is 49.4 Å². The van der Waals surface area contributed by atoms with Crippen LogP contribution in [0.4, 0.5) is 0 Å². The van der Waals surface area contributed by atoms with E-state index in [0.29, 0.717) is 19.3 Å². The van der Waals surface area contributed by atoms with E-state index in [0.717, 1.165) is 18.5 Å². The van der Waals surface area contributed by atoms with Gasteiger partial charge in [-0.25, -0.2) is 4.98 Å². The summed E-state index contributed by atoms with van der Waals surface area (Å²) in [6, 6.07) is 0. The van der Waals surface area contributed by atoms with Crippen LogP contribution in [0.25, 0.3) is 0 Å². The van der Waals surface area contributed by atoms with Crippen LogP contribution < -0.4 is 29.6 Å². The van der Waals surface area contributed by atoms with E-state index in [9.17, 15) is 9.59 Å². The molecule has 0 aliphatic heterocycles. The molecule has 0 aromatic carbocycles. The Labute approximate surface area is 192 Å². The zero-order valence-corrected chi connectivity index (χ0v) is 20.2. The SMILES string of the molecule is CCCCCCCCCC(=O)OC[C@H](Cc1cncn1C)[C@@H]([C-]=O)CC.[Na+].[OH-]. The number of ether oxygens (including phenoxy) is 1. The molecule has 0 saturated carbocycles. The minimum atomic E-state index is -0.226. The molecule has 6 nitrogen and oxygen atoms in total. The summed E-state index contributed by atoms with van der Waals surface area (Å²) in [4.78, 5) is 27.4. The largest absolute Gasteiger partial charge is 1.00 e. The van der Waals surface area contributed by atoms with Crippen LogP contribution in [0, 0.1) is 11.8 Å². The third-order valence-electron chi connectivity index (χ3n) is 4.99. The Kier molecular flexibility index (Phi) is 19.3. The third-order valence-corrected chi connectivity index (χ3v) is 4.99. The van der Waals surface area contributed by atoms with Gasteiger partial charge >= 0.3 is 35.5 Å². The molecule has 0 fully saturated rings. The van der Waals surface area contributed by atoms with Crippen molar-refractivity contribution in [2.75, 3.05) is 6.61 Å². The number of nitrogens with zero attached hydrogens (tertiary/aromatic N) is 2. The summed E-state index contributed by atoms with van der Waals surface area (Å²) in [6.07, 6.45) is 15.7. The van der Waals surface area contributed by atoms with Crippen LogP contribution in [0.1, 0.15) is 77.3 Å². The maximum atomic E-state index is 12.0. The summed E-state index contributed by atoms with van der Waals surface area (Å²) in [5, 5.41) is 0. The van der Waals surface area contributed by atoms with Gasteiger partial charge in [-0.2, -0.15) is 0 Å². The Morgan fingerprint density at radius 2 is 1.82 bits per heavy atom. The smallest absolute Gasteiger partial charge is 0.870 e. The fraction of sp³-hybridized carbons (Fsp3) is 0.762. The average Bonchev–Trinajstić information content (AvgIpc) is 3.04. The molecule has 1 N–H and O–H groups in total. The first-order chi connectivity index (χ1) is 12.6. The molecule has 28 heavy (non-hydrogen) atoms. The van der Waals surface area contributed by atoms with Gasteiger partial charge in [0.1, 0.15) is 0 Å². The number of carbonyl (C=O) groups is 1. The number of unbranched alkanes of at least 4 members (excludes halogenated alkanes) is 6. The summed E-state index contributed by atoms with van der Waals surface area (Å²) in [7, 11) is 1.93. The van der Waals surface area contributed by atoms with Crippen LogP contribution in [0.2, 0.25) is 0 Å². The molecule has 1 aromatic heterocycles. The van der Waals surface area contributed by atoms with E-state index in [1.54, 1.807) is 12.5 Å². The average molecular weight is 404 g/mol. The first-order valence-corrected chi connectivity index (χ1v) is 10.1. The van der Waals surface area contributed by atoms with E-state index in [1.165, 1.54) is 32.1 Å². The molecule has 0 amide bonds. The number of hydrogen-bond donors (Lipinski definition) is 0. The predicted octanol–water partition coefficient (Wildman–Crippen LogP) is 1.23. The van der Waals surface area contributed by atoms with Crippen LogP contribution >= 0.6 is 0 Å². The maximum Gasteiger partial charge on any atom is 1.00 e. The van der Waals surface area contributed by atoms with E-state index in [-0.39, 0.29) is 59.4 Å². The molecule has 1 aromatic rings. The van der Waals surface area contributed by atoms with E-state index < -0.39 is 0 Å². The van der Waals surface area contributed by atoms with Gasteiger partial charge in [0.2, 0.25) is 0 Å². The molecule has 7 heteroatoms. The van der Waals surface area contributed by atoms with Crippen molar-refractivity contribution in [3.8, 4) is 0 Å². The summed E-state index contributed by atoms with van der Waals surface area (Å²) in [5.74, 6) is -0.434. The van der Waals surface area contributed by atoms with Crippen molar-refractivity contribution in [2.45, 2.75) is 78.1 Å². The Morgan fingerprint density at radius 3 is 2.36 bits per heavy atom. The minimum absolute atomic E-state index is 0. The second-order valence-corrected chi connectivity index (χ2v) is 7.15. The van der Waals surface area contributed by atoms with Crippen LogP contribution in [-0.4, -0.2) is 33.9 Å². The van der Waals surface area contributed by atoms with Crippen molar-refractivity contribution in [1.29, 1.82) is 0 Å². The molecule has 0 aliphatic rings. The normalized spacial score (nSPS) is 12.4. The van der Waals surface area contributed by atoms with E-state index in [2.05, 4.69) is 18.2 Å². The first kappa shape index (κ1) is 29.5. The number of aryl methyl sites for hydroxylation is 1. The fourth-order valence-corrected chi connectivity index (χ4v) is 3.18. The molecular formula is C21H36N2NaO4-. The second-order valence-electron chi connectivity index (χ2n) is 7.15. The summed E-state index contributed by atoms with van der Waals surface area (Å²) in [6.45, 7) is 4.45. The molecule has 0 aliphatic carbocycles. The fourth-order valence-electron chi connectivity index (χ4n) is 3.18. The molecule has 2 atom stereocenters. The number of esters is 1. The minimum Gasteiger partial charge on any atom is -0.870 e. The number of rotatable bonds is 15. The van der Waals surface area contributed by atoms with Gasteiger partial charge in [0.25, 0.3) is 0 Å². The molecule has 0 bridgehead atoms. The number of carbonyl (C=O) groups excluding carboxylic acids is 2.